The Hall–Kier alpha value is -2.65. The number of sulfonamides is 1. The van der Waals surface area contributed by atoms with E-state index < -0.39 is 21.9 Å². The minimum atomic E-state index is -3.71. The van der Waals surface area contributed by atoms with Crippen LogP contribution in [0.2, 0.25) is 0 Å². The summed E-state index contributed by atoms with van der Waals surface area (Å²) in [5.41, 5.74) is 0.810. The van der Waals surface area contributed by atoms with Gasteiger partial charge in [0.15, 0.2) is 0 Å². The van der Waals surface area contributed by atoms with Crippen molar-refractivity contribution in [1.82, 2.24) is 4.31 Å². The van der Waals surface area contributed by atoms with Crippen LogP contribution in [0, 0.1) is 5.82 Å². The number of nitrogens with zero attached hydrogens (tertiary/aromatic N) is 1. The maximum Gasteiger partial charge on any atom is 0.246 e. The quantitative estimate of drug-likeness (QED) is 0.696. The molecule has 1 heterocycles. The molecule has 0 saturated carbocycles. The summed E-state index contributed by atoms with van der Waals surface area (Å²) in [7, 11) is -2.29. The van der Waals surface area contributed by atoms with Crippen molar-refractivity contribution in [2.75, 3.05) is 30.8 Å². The Balaban J connectivity index is 1.78. The number of methoxy groups -OCH3 is 1. The van der Waals surface area contributed by atoms with Crippen molar-refractivity contribution in [2.24, 2.45) is 0 Å². The molecule has 1 atom stereocenters. The molecular weight excluding hydrogens is 409 g/mol. The van der Waals surface area contributed by atoms with E-state index >= 15 is 0 Å². The lowest BCUT2D eigenvalue weighted by molar-refractivity contribution is -0.116. The number of anilines is 2. The predicted molar refractivity (Wildman–Crippen MR) is 114 cm³/mol. The molecule has 162 valence electrons. The molecule has 1 saturated heterocycles. The summed E-state index contributed by atoms with van der Waals surface area (Å²) in [5.74, 6) is -0.573. The van der Waals surface area contributed by atoms with Gasteiger partial charge >= 0.3 is 0 Å². The second kappa shape index (κ2) is 9.44. The van der Waals surface area contributed by atoms with Crippen LogP contribution in [0.1, 0.15) is 26.2 Å². The summed E-state index contributed by atoms with van der Waals surface area (Å²) >= 11 is 0. The van der Waals surface area contributed by atoms with Gasteiger partial charge in [-0.3, -0.25) is 4.79 Å². The number of piperidine rings is 1. The molecule has 1 fully saturated rings. The number of amides is 1. The van der Waals surface area contributed by atoms with Crippen molar-refractivity contribution in [3.63, 3.8) is 0 Å². The molecule has 2 aromatic carbocycles. The average Bonchev–Trinajstić information content (AvgIpc) is 2.74. The summed E-state index contributed by atoms with van der Waals surface area (Å²) in [6, 6.07) is 9.62. The summed E-state index contributed by atoms with van der Waals surface area (Å²) in [4.78, 5) is 12.5. The molecule has 30 heavy (non-hydrogen) atoms. The van der Waals surface area contributed by atoms with Crippen molar-refractivity contribution in [2.45, 2.75) is 37.1 Å². The highest BCUT2D eigenvalue weighted by atomic mass is 32.2. The van der Waals surface area contributed by atoms with Crippen LogP contribution in [0.3, 0.4) is 0 Å². The van der Waals surface area contributed by atoms with Gasteiger partial charge in [0.25, 0.3) is 0 Å². The van der Waals surface area contributed by atoms with Gasteiger partial charge in [-0.25, -0.2) is 12.8 Å². The van der Waals surface area contributed by atoms with E-state index in [9.17, 15) is 17.6 Å². The number of ether oxygens (including phenoxy) is 1. The molecule has 2 aromatic rings. The Morgan fingerprint density at radius 3 is 2.50 bits per heavy atom. The first-order valence-electron chi connectivity index (χ1n) is 9.82. The highest BCUT2D eigenvalue weighted by molar-refractivity contribution is 7.89. The number of hydrogen-bond acceptors (Lipinski definition) is 5. The largest absolute Gasteiger partial charge is 0.495 e. The van der Waals surface area contributed by atoms with Crippen molar-refractivity contribution >= 4 is 27.3 Å². The zero-order chi connectivity index (χ0) is 21.7. The number of hydrogen-bond donors (Lipinski definition) is 2. The highest BCUT2D eigenvalue weighted by Gasteiger charge is 2.29. The second-order valence-electron chi connectivity index (χ2n) is 7.20. The van der Waals surface area contributed by atoms with E-state index in [0.29, 0.717) is 24.5 Å². The van der Waals surface area contributed by atoms with Crippen molar-refractivity contribution < 1.29 is 22.3 Å². The third kappa shape index (κ3) is 5.09. The average molecular weight is 436 g/mol. The van der Waals surface area contributed by atoms with Crippen molar-refractivity contribution in [3.05, 3.63) is 48.3 Å². The van der Waals surface area contributed by atoms with Crippen molar-refractivity contribution in [1.29, 1.82) is 0 Å². The zero-order valence-corrected chi connectivity index (χ0v) is 17.8. The van der Waals surface area contributed by atoms with Crippen LogP contribution in [-0.2, 0) is 14.8 Å². The number of carbonyl (C=O) groups excluding carboxylic acids is 1. The monoisotopic (exact) mass is 435 g/mol. The van der Waals surface area contributed by atoms with E-state index in [4.69, 9.17) is 4.74 Å². The normalized spacial score (nSPS) is 16.0. The minimum absolute atomic E-state index is 0.0645. The molecule has 0 unspecified atom stereocenters. The first-order chi connectivity index (χ1) is 14.3. The maximum absolute atomic E-state index is 13.3. The number of benzene rings is 2. The van der Waals surface area contributed by atoms with E-state index in [-0.39, 0.29) is 16.6 Å². The van der Waals surface area contributed by atoms with Gasteiger partial charge in [0, 0.05) is 24.5 Å². The smallest absolute Gasteiger partial charge is 0.246 e. The molecule has 0 spiro atoms. The highest BCUT2D eigenvalue weighted by Crippen LogP contribution is 2.31. The molecule has 9 heteroatoms. The van der Waals surface area contributed by atoms with Gasteiger partial charge in [-0.2, -0.15) is 4.31 Å². The first-order valence-corrected chi connectivity index (χ1v) is 11.3. The maximum atomic E-state index is 13.3. The third-order valence-corrected chi connectivity index (χ3v) is 6.88. The molecule has 2 N–H and O–H groups in total. The minimum Gasteiger partial charge on any atom is -0.495 e. The first kappa shape index (κ1) is 22.0. The van der Waals surface area contributed by atoms with Crippen LogP contribution >= 0.6 is 0 Å². The van der Waals surface area contributed by atoms with Crippen LogP contribution in [0.15, 0.2) is 47.4 Å². The van der Waals surface area contributed by atoms with Gasteiger partial charge in [-0.1, -0.05) is 12.5 Å². The molecule has 1 aliphatic rings. The molecule has 0 bridgehead atoms. The standard InChI is InChI=1S/C21H26FN3O4S/c1-15(21(26)24-17-8-6-7-16(22)13-17)23-18-9-10-19(29-2)20(14-18)30(27,28)25-11-4-3-5-12-25/h6-10,13-15,23H,3-5,11-12H2,1-2H3,(H,24,26)/t15-/m0/s1. The lowest BCUT2D eigenvalue weighted by Crippen LogP contribution is -2.36. The van der Waals surface area contributed by atoms with Crippen LogP contribution in [-0.4, -0.2) is 44.9 Å². The number of nitrogens with one attached hydrogen (secondary N) is 2. The third-order valence-electron chi connectivity index (χ3n) is 4.97. The Labute approximate surface area is 176 Å². The molecular formula is C21H26FN3O4S. The van der Waals surface area contributed by atoms with Gasteiger partial charge < -0.3 is 15.4 Å². The second-order valence-corrected chi connectivity index (χ2v) is 9.10. The molecule has 0 radical (unpaired) electrons. The lowest BCUT2D eigenvalue weighted by atomic mass is 10.2. The molecule has 1 amide bonds. The Kier molecular flexibility index (Phi) is 6.94. The molecule has 3 rings (SSSR count). The topological polar surface area (TPSA) is 87.7 Å². The van der Waals surface area contributed by atoms with Gasteiger partial charge in [0.1, 0.15) is 22.5 Å². The number of carbonyl (C=O) groups is 1. The zero-order valence-electron chi connectivity index (χ0n) is 17.0. The van der Waals surface area contributed by atoms with E-state index in [1.54, 1.807) is 25.1 Å². The number of rotatable bonds is 7. The fraction of sp³-hybridized carbons (Fsp3) is 0.381. The Morgan fingerprint density at radius 1 is 1.10 bits per heavy atom. The fourth-order valence-electron chi connectivity index (χ4n) is 3.34. The van der Waals surface area contributed by atoms with Crippen LogP contribution in [0.5, 0.6) is 5.75 Å². The Bertz CT molecular complexity index is 1010. The number of halogens is 1. The fourth-order valence-corrected chi connectivity index (χ4v) is 5.04. The van der Waals surface area contributed by atoms with Crippen LogP contribution < -0.4 is 15.4 Å². The van der Waals surface area contributed by atoms with Gasteiger partial charge in [0.2, 0.25) is 15.9 Å². The van der Waals surface area contributed by atoms with E-state index in [1.807, 2.05) is 0 Å². The van der Waals surface area contributed by atoms with E-state index in [1.165, 1.54) is 35.7 Å². The van der Waals surface area contributed by atoms with Crippen LogP contribution in [0.25, 0.3) is 0 Å². The lowest BCUT2D eigenvalue weighted by Gasteiger charge is -2.27. The summed E-state index contributed by atoms with van der Waals surface area (Å²) in [6.07, 6.45) is 2.68. The molecule has 0 aromatic heterocycles. The summed E-state index contributed by atoms with van der Waals surface area (Å²) < 4.78 is 46.3. The van der Waals surface area contributed by atoms with Gasteiger partial charge in [0.05, 0.1) is 7.11 Å². The summed E-state index contributed by atoms with van der Waals surface area (Å²) in [6.45, 7) is 2.60. The van der Waals surface area contributed by atoms with E-state index in [2.05, 4.69) is 10.6 Å². The van der Waals surface area contributed by atoms with Gasteiger partial charge in [-0.05, 0) is 56.2 Å². The molecule has 1 aliphatic heterocycles. The SMILES string of the molecule is COc1ccc(N[C@@H](C)C(=O)Nc2cccc(F)c2)cc1S(=O)(=O)N1CCCCC1. The van der Waals surface area contributed by atoms with E-state index in [0.717, 1.165) is 19.3 Å². The van der Waals surface area contributed by atoms with Gasteiger partial charge in [-0.15, -0.1) is 0 Å². The molecule has 0 aliphatic carbocycles. The predicted octanol–water partition coefficient (Wildman–Crippen LogP) is 3.45. The summed E-state index contributed by atoms with van der Waals surface area (Å²) in [5, 5.41) is 5.63. The molecule has 7 nitrogen and oxygen atoms in total. The van der Waals surface area contributed by atoms with Crippen LogP contribution in [0.4, 0.5) is 15.8 Å². The van der Waals surface area contributed by atoms with Crippen molar-refractivity contribution in [3.8, 4) is 5.75 Å². The Morgan fingerprint density at radius 2 is 1.83 bits per heavy atom.